The van der Waals surface area contributed by atoms with Crippen LogP contribution in [0.3, 0.4) is 0 Å². The molecule has 1 unspecified atom stereocenters. The lowest BCUT2D eigenvalue weighted by molar-refractivity contribution is -0.129. The van der Waals surface area contributed by atoms with E-state index in [2.05, 4.69) is 40.2 Å². The molecule has 11 heteroatoms. The van der Waals surface area contributed by atoms with Gasteiger partial charge in [0.05, 0.1) is 5.56 Å². The van der Waals surface area contributed by atoms with Crippen molar-refractivity contribution in [3.05, 3.63) is 90.7 Å². The Morgan fingerprint density at radius 2 is 1.90 bits per heavy atom. The van der Waals surface area contributed by atoms with Gasteiger partial charge in [-0.25, -0.2) is 24.0 Å². The van der Waals surface area contributed by atoms with Gasteiger partial charge in [0.2, 0.25) is 0 Å². The van der Waals surface area contributed by atoms with E-state index in [0.717, 1.165) is 42.5 Å². The molecule has 1 aliphatic carbocycles. The third-order valence-electron chi connectivity index (χ3n) is 8.22. The standard InChI is InChI=1S/C31H30FN9O/c1-19(32)31(42)39-16-11-21(12-17-39)36-25-8-5-20-18-22(6-7-23(20)25)41-29(24-4-2-13-34-28(24)33)37-26-9-10-27(38-30(26)41)40-15-3-14-35-40/h2-4,6-7,9-10,13-15,18,21,25,36H,1,5,8,11-12,16-17H2,(H2,33,34). The van der Waals surface area contributed by atoms with Crippen LogP contribution >= 0.6 is 0 Å². The quantitative estimate of drug-likeness (QED) is 0.296. The second-order valence-electron chi connectivity index (χ2n) is 10.8. The third kappa shape index (κ3) is 4.61. The van der Waals surface area contributed by atoms with Gasteiger partial charge in [-0.3, -0.25) is 9.36 Å². The molecule has 1 atom stereocenters. The maximum Gasteiger partial charge on any atom is 0.281 e. The van der Waals surface area contributed by atoms with E-state index in [9.17, 15) is 9.18 Å². The van der Waals surface area contributed by atoms with Gasteiger partial charge in [-0.1, -0.05) is 12.6 Å². The predicted molar refractivity (Wildman–Crippen MR) is 158 cm³/mol. The number of carbonyl (C=O) groups is 1. The van der Waals surface area contributed by atoms with Gasteiger partial charge in [0.25, 0.3) is 5.91 Å². The number of nitrogens with two attached hydrogens (primary N) is 1. The largest absolute Gasteiger partial charge is 0.383 e. The first-order valence-electron chi connectivity index (χ1n) is 14.1. The lowest BCUT2D eigenvalue weighted by atomic mass is 10.0. The summed E-state index contributed by atoms with van der Waals surface area (Å²) in [5, 5.41) is 8.14. The van der Waals surface area contributed by atoms with E-state index in [1.165, 1.54) is 11.1 Å². The van der Waals surface area contributed by atoms with E-state index in [0.29, 0.717) is 36.2 Å². The van der Waals surface area contributed by atoms with E-state index in [1.54, 1.807) is 22.0 Å². The molecule has 2 aliphatic rings. The molecule has 3 N–H and O–H groups in total. The lowest BCUT2D eigenvalue weighted by Gasteiger charge is -2.33. The number of fused-ring (bicyclic) bond motifs is 2. The zero-order valence-electron chi connectivity index (χ0n) is 22.9. The van der Waals surface area contributed by atoms with Crippen molar-refractivity contribution in [2.45, 2.75) is 37.8 Å². The van der Waals surface area contributed by atoms with Crippen LogP contribution in [0.1, 0.15) is 36.4 Å². The highest BCUT2D eigenvalue weighted by atomic mass is 19.1. The summed E-state index contributed by atoms with van der Waals surface area (Å²) in [5.41, 5.74) is 12.0. The smallest absolute Gasteiger partial charge is 0.281 e. The van der Waals surface area contributed by atoms with Crippen molar-refractivity contribution < 1.29 is 9.18 Å². The van der Waals surface area contributed by atoms with Gasteiger partial charge in [0.1, 0.15) is 11.3 Å². The number of likely N-dealkylation sites (tertiary alicyclic amines) is 1. The second kappa shape index (κ2) is 10.5. The van der Waals surface area contributed by atoms with Crippen molar-refractivity contribution in [3.8, 4) is 22.9 Å². The topological polar surface area (TPSA) is 120 Å². The Morgan fingerprint density at radius 1 is 1.05 bits per heavy atom. The molecule has 10 nitrogen and oxygen atoms in total. The fraction of sp³-hybridized carbons (Fsp3) is 0.258. The van der Waals surface area contributed by atoms with Crippen LogP contribution in [0, 0.1) is 0 Å². The molecule has 5 heterocycles. The van der Waals surface area contributed by atoms with Gasteiger partial charge in [-0.2, -0.15) is 5.10 Å². The number of aromatic nitrogens is 6. The predicted octanol–water partition coefficient (Wildman–Crippen LogP) is 4.30. The highest BCUT2D eigenvalue weighted by Crippen LogP contribution is 2.36. The van der Waals surface area contributed by atoms with E-state index in [4.69, 9.17) is 15.7 Å². The van der Waals surface area contributed by atoms with Crippen molar-refractivity contribution in [1.29, 1.82) is 0 Å². The summed E-state index contributed by atoms with van der Waals surface area (Å²) in [6, 6.07) is 16.5. The zero-order valence-corrected chi connectivity index (χ0v) is 22.9. The van der Waals surface area contributed by atoms with Crippen molar-refractivity contribution in [2.75, 3.05) is 18.8 Å². The Labute approximate surface area is 241 Å². The van der Waals surface area contributed by atoms with Crippen LogP contribution in [0.15, 0.2) is 79.5 Å². The number of rotatable bonds is 6. The number of piperidine rings is 1. The average molecular weight is 564 g/mol. The maximum atomic E-state index is 13.3. The van der Waals surface area contributed by atoms with Crippen molar-refractivity contribution in [3.63, 3.8) is 0 Å². The number of benzene rings is 1. The normalized spacial score (nSPS) is 17.1. The molecular weight excluding hydrogens is 533 g/mol. The van der Waals surface area contributed by atoms with E-state index in [-0.39, 0.29) is 12.1 Å². The summed E-state index contributed by atoms with van der Waals surface area (Å²) in [7, 11) is 0. The number of imidazole rings is 1. The highest BCUT2D eigenvalue weighted by Gasteiger charge is 2.29. The Morgan fingerprint density at radius 3 is 2.67 bits per heavy atom. The molecule has 1 aliphatic heterocycles. The summed E-state index contributed by atoms with van der Waals surface area (Å²) in [5.74, 6) is 0.266. The number of hydrogen-bond acceptors (Lipinski definition) is 7. The number of nitrogen functional groups attached to an aromatic ring is 1. The molecule has 0 saturated carbocycles. The van der Waals surface area contributed by atoms with Gasteiger partial charge >= 0.3 is 0 Å². The lowest BCUT2D eigenvalue weighted by Crippen LogP contribution is -2.45. The van der Waals surface area contributed by atoms with Crippen molar-refractivity contribution in [1.82, 2.24) is 39.5 Å². The molecule has 0 bridgehead atoms. The molecule has 0 spiro atoms. The number of carbonyl (C=O) groups excluding carboxylic acids is 1. The molecule has 1 saturated heterocycles. The van der Waals surface area contributed by atoms with E-state index in [1.807, 2.05) is 41.1 Å². The number of nitrogens with zero attached hydrogens (tertiary/aromatic N) is 7. The van der Waals surface area contributed by atoms with Gasteiger partial charge in [-0.15, -0.1) is 0 Å². The fourth-order valence-corrected chi connectivity index (χ4v) is 6.13. The number of amides is 1. The van der Waals surface area contributed by atoms with Gasteiger partial charge in [0, 0.05) is 49.5 Å². The second-order valence-corrected chi connectivity index (χ2v) is 10.8. The van der Waals surface area contributed by atoms with E-state index < -0.39 is 11.7 Å². The minimum Gasteiger partial charge on any atom is -0.383 e. The van der Waals surface area contributed by atoms with Gasteiger partial charge in [0.15, 0.2) is 23.1 Å². The number of aryl methyl sites for hydroxylation is 1. The Hall–Kier alpha value is -4.90. The number of halogens is 1. The monoisotopic (exact) mass is 563 g/mol. The van der Waals surface area contributed by atoms with Gasteiger partial charge in [-0.05, 0) is 79.3 Å². The first-order valence-corrected chi connectivity index (χ1v) is 14.1. The number of pyridine rings is 2. The third-order valence-corrected chi connectivity index (χ3v) is 8.22. The molecular formula is C31H30FN9O. The minimum atomic E-state index is -0.894. The molecule has 1 fully saturated rings. The molecule has 0 radical (unpaired) electrons. The minimum absolute atomic E-state index is 0.218. The summed E-state index contributed by atoms with van der Waals surface area (Å²) >= 11 is 0. The summed E-state index contributed by atoms with van der Waals surface area (Å²) in [4.78, 5) is 27.7. The molecule has 5 aromatic rings. The SMILES string of the molecule is C=C(F)C(=O)N1CCC(NC2CCc3cc(-n4c(-c5cccnc5N)nc5ccc(-n6cccn6)nc54)ccc32)CC1. The van der Waals surface area contributed by atoms with Crippen LogP contribution in [0.5, 0.6) is 0 Å². The number of anilines is 1. The molecule has 1 aromatic carbocycles. The number of hydrogen-bond donors (Lipinski definition) is 2. The van der Waals surface area contributed by atoms with Crippen LogP contribution in [-0.4, -0.2) is 59.2 Å². The summed E-state index contributed by atoms with van der Waals surface area (Å²) in [6.45, 7) is 4.20. The first-order chi connectivity index (χ1) is 20.5. The van der Waals surface area contributed by atoms with Crippen LogP contribution < -0.4 is 11.1 Å². The number of nitrogens with one attached hydrogen (secondary N) is 1. The Bertz CT molecular complexity index is 1800. The van der Waals surface area contributed by atoms with Crippen LogP contribution in [0.2, 0.25) is 0 Å². The zero-order chi connectivity index (χ0) is 28.8. The fourth-order valence-electron chi connectivity index (χ4n) is 6.13. The van der Waals surface area contributed by atoms with Crippen LogP contribution in [0.25, 0.3) is 34.1 Å². The molecule has 7 rings (SSSR count). The maximum absolute atomic E-state index is 13.3. The van der Waals surface area contributed by atoms with Crippen LogP contribution in [-0.2, 0) is 11.2 Å². The van der Waals surface area contributed by atoms with Crippen molar-refractivity contribution in [2.24, 2.45) is 0 Å². The van der Waals surface area contributed by atoms with Gasteiger partial charge < -0.3 is 16.0 Å². The van der Waals surface area contributed by atoms with Crippen molar-refractivity contribution >= 4 is 22.9 Å². The summed E-state index contributed by atoms with van der Waals surface area (Å²) in [6.07, 6.45) is 8.73. The molecule has 42 heavy (non-hydrogen) atoms. The Balaban J connectivity index is 1.22. The molecule has 4 aromatic heterocycles. The molecule has 1 amide bonds. The van der Waals surface area contributed by atoms with Crippen LogP contribution in [0.4, 0.5) is 10.2 Å². The molecule has 212 valence electrons. The summed E-state index contributed by atoms with van der Waals surface area (Å²) < 4.78 is 17.1. The first kappa shape index (κ1) is 26.0. The Kier molecular flexibility index (Phi) is 6.50. The highest BCUT2D eigenvalue weighted by molar-refractivity contribution is 5.90. The van der Waals surface area contributed by atoms with E-state index >= 15 is 0 Å². The average Bonchev–Trinajstić information content (AvgIpc) is 3.76.